The van der Waals surface area contributed by atoms with Crippen molar-refractivity contribution in [2.75, 3.05) is 18.0 Å². The summed E-state index contributed by atoms with van der Waals surface area (Å²) in [5.41, 5.74) is 2.00. The monoisotopic (exact) mass is 615 g/mol. The summed E-state index contributed by atoms with van der Waals surface area (Å²) in [4.78, 5) is 28.3. The molecule has 0 aliphatic carbocycles. The van der Waals surface area contributed by atoms with Gasteiger partial charge in [0.05, 0.1) is 17.7 Å². The number of anilines is 1. The van der Waals surface area contributed by atoms with Crippen LogP contribution in [0.4, 0.5) is 5.69 Å². The summed E-state index contributed by atoms with van der Waals surface area (Å²) in [5.74, 6) is -0.299. The SMILES string of the molecule is COc1ccc(N(CC(=O)N(Cc2cccc(Br)c2)[C@@H](C)C(=O)NC(C)C)S(=O)(=O)c2ccc(C)cc2)cc1. The number of amides is 2. The Balaban J connectivity index is 2.03. The molecule has 0 heterocycles. The van der Waals surface area contributed by atoms with E-state index >= 15 is 0 Å². The van der Waals surface area contributed by atoms with Gasteiger partial charge < -0.3 is 15.0 Å². The highest BCUT2D eigenvalue weighted by molar-refractivity contribution is 9.10. The van der Waals surface area contributed by atoms with E-state index in [0.717, 1.165) is 19.9 Å². The van der Waals surface area contributed by atoms with Crippen molar-refractivity contribution in [1.29, 1.82) is 0 Å². The van der Waals surface area contributed by atoms with Crippen LogP contribution in [-0.2, 0) is 26.2 Å². The summed E-state index contributed by atoms with van der Waals surface area (Å²) in [6.07, 6.45) is 0. The van der Waals surface area contributed by atoms with E-state index in [1.165, 1.54) is 24.1 Å². The molecule has 0 saturated carbocycles. The fourth-order valence-corrected chi connectivity index (χ4v) is 5.80. The number of carbonyl (C=O) groups excluding carboxylic acids is 2. The molecule has 1 N–H and O–H groups in total. The van der Waals surface area contributed by atoms with Crippen molar-refractivity contribution in [3.05, 3.63) is 88.4 Å². The van der Waals surface area contributed by atoms with Gasteiger partial charge in [0.2, 0.25) is 11.8 Å². The first kappa shape index (κ1) is 30.2. The second-order valence-electron chi connectivity index (χ2n) is 9.51. The van der Waals surface area contributed by atoms with Crippen molar-refractivity contribution in [3.63, 3.8) is 0 Å². The molecule has 0 radical (unpaired) electrons. The maximum Gasteiger partial charge on any atom is 0.264 e. The minimum atomic E-state index is -4.13. The minimum Gasteiger partial charge on any atom is -0.497 e. The molecule has 0 fully saturated rings. The van der Waals surface area contributed by atoms with Crippen LogP contribution < -0.4 is 14.4 Å². The molecule has 0 saturated heterocycles. The number of ether oxygens (including phenoxy) is 1. The van der Waals surface area contributed by atoms with Crippen molar-refractivity contribution >= 4 is 43.5 Å². The summed E-state index contributed by atoms with van der Waals surface area (Å²) in [6, 6.07) is 19.3. The number of halogens is 1. The molecule has 3 aromatic carbocycles. The van der Waals surface area contributed by atoms with Crippen LogP contribution in [0, 0.1) is 6.92 Å². The number of benzene rings is 3. The highest BCUT2D eigenvalue weighted by Crippen LogP contribution is 2.27. The topological polar surface area (TPSA) is 96.0 Å². The number of sulfonamides is 1. The molecule has 39 heavy (non-hydrogen) atoms. The largest absolute Gasteiger partial charge is 0.497 e. The summed E-state index contributed by atoms with van der Waals surface area (Å²) in [5, 5.41) is 2.85. The van der Waals surface area contributed by atoms with Crippen LogP contribution in [0.25, 0.3) is 0 Å². The molecule has 208 valence electrons. The summed E-state index contributed by atoms with van der Waals surface area (Å²) in [7, 11) is -2.61. The fourth-order valence-electron chi connectivity index (χ4n) is 3.93. The van der Waals surface area contributed by atoms with Gasteiger partial charge in [0, 0.05) is 17.1 Å². The van der Waals surface area contributed by atoms with Gasteiger partial charge in [-0.15, -0.1) is 0 Å². The maximum absolute atomic E-state index is 13.9. The van der Waals surface area contributed by atoms with Crippen LogP contribution in [-0.4, -0.2) is 50.9 Å². The van der Waals surface area contributed by atoms with Gasteiger partial charge in [-0.3, -0.25) is 13.9 Å². The van der Waals surface area contributed by atoms with E-state index in [2.05, 4.69) is 21.2 Å². The number of hydrogen-bond donors (Lipinski definition) is 1. The Morgan fingerprint density at radius 3 is 2.18 bits per heavy atom. The van der Waals surface area contributed by atoms with Crippen LogP contribution in [0.3, 0.4) is 0 Å². The Morgan fingerprint density at radius 2 is 1.62 bits per heavy atom. The quantitative estimate of drug-likeness (QED) is 0.331. The van der Waals surface area contributed by atoms with Crippen molar-refractivity contribution in [3.8, 4) is 5.75 Å². The van der Waals surface area contributed by atoms with Crippen LogP contribution in [0.5, 0.6) is 5.75 Å². The average Bonchev–Trinajstić information content (AvgIpc) is 2.89. The lowest BCUT2D eigenvalue weighted by molar-refractivity contribution is -0.139. The highest BCUT2D eigenvalue weighted by atomic mass is 79.9. The molecule has 0 unspecified atom stereocenters. The highest BCUT2D eigenvalue weighted by Gasteiger charge is 2.32. The zero-order chi connectivity index (χ0) is 28.7. The van der Waals surface area contributed by atoms with Gasteiger partial charge in [-0.2, -0.15) is 0 Å². The Bertz CT molecular complexity index is 1390. The van der Waals surface area contributed by atoms with Crippen molar-refractivity contribution in [2.45, 2.75) is 51.2 Å². The standard InChI is InChI=1S/C29H34BrN3O5S/c1-20(2)31-29(35)22(4)32(18-23-7-6-8-24(30)17-23)28(34)19-33(25-11-13-26(38-5)14-12-25)39(36,37)27-15-9-21(3)10-16-27/h6-17,20,22H,18-19H2,1-5H3,(H,31,35)/t22-/m0/s1. The Hall–Kier alpha value is -3.37. The molecule has 8 nitrogen and oxygen atoms in total. The molecule has 0 aliphatic rings. The van der Waals surface area contributed by atoms with Gasteiger partial charge in [-0.1, -0.05) is 45.8 Å². The molecular weight excluding hydrogens is 582 g/mol. The second kappa shape index (κ2) is 13.1. The van der Waals surface area contributed by atoms with Gasteiger partial charge in [0.25, 0.3) is 10.0 Å². The first-order valence-electron chi connectivity index (χ1n) is 12.5. The van der Waals surface area contributed by atoms with Gasteiger partial charge in [-0.25, -0.2) is 8.42 Å². The number of hydrogen-bond acceptors (Lipinski definition) is 5. The van der Waals surface area contributed by atoms with Crippen LogP contribution in [0.1, 0.15) is 31.9 Å². The third-order valence-corrected chi connectivity index (χ3v) is 8.37. The lowest BCUT2D eigenvalue weighted by atomic mass is 10.1. The van der Waals surface area contributed by atoms with Crippen molar-refractivity contribution < 1.29 is 22.7 Å². The van der Waals surface area contributed by atoms with Gasteiger partial charge in [-0.05, 0) is 81.8 Å². The number of nitrogens with zero attached hydrogens (tertiary/aromatic N) is 2. The summed E-state index contributed by atoms with van der Waals surface area (Å²) in [6.45, 7) is 6.79. The van der Waals surface area contributed by atoms with Crippen LogP contribution in [0.15, 0.2) is 82.2 Å². The molecule has 1 atom stereocenters. The normalized spacial score (nSPS) is 12.1. The van der Waals surface area contributed by atoms with E-state index in [-0.39, 0.29) is 23.4 Å². The number of carbonyl (C=O) groups is 2. The number of aryl methyl sites for hydroxylation is 1. The van der Waals surface area contributed by atoms with E-state index in [4.69, 9.17) is 4.74 Å². The first-order chi connectivity index (χ1) is 18.4. The Labute approximate surface area is 239 Å². The predicted molar refractivity (Wildman–Crippen MR) is 156 cm³/mol. The molecule has 0 spiro atoms. The van der Waals surface area contributed by atoms with Gasteiger partial charge in [0.1, 0.15) is 18.3 Å². The lowest BCUT2D eigenvalue weighted by Crippen LogP contribution is -2.52. The fraction of sp³-hybridized carbons (Fsp3) is 0.310. The Morgan fingerprint density at radius 1 is 0.974 bits per heavy atom. The van der Waals surface area contributed by atoms with Crippen molar-refractivity contribution in [1.82, 2.24) is 10.2 Å². The van der Waals surface area contributed by atoms with E-state index in [1.54, 1.807) is 43.3 Å². The van der Waals surface area contributed by atoms with E-state index in [1.807, 2.05) is 45.0 Å². The third kappa shape index (κ3) is 7.83. The summed E-state index contributed by atoms with van der Waals surface area (Å²) < 4.78 is 34.8. The lowest BCUT2D eigenvalue weighted by Gasteiger charge is -2.32. The van der Waals surface area contributed by atoms with Gasteiger partial charge >= 0.3 is 0 Å². The van der Waals surface area contributed by atoms with Crippen molar-refractivity contribution in [2.24, 2.45) is 0 Å². The number of methoxy groups -OCH3 is 1. The Kier molecular flexibility index (Phi) is 10.2. The zero-order valence-corrected chi connectivity index (χ0v) is 25.1. The van der Waals surface area contributed by atoms with E-state index in [0.29, 0.717) is 11.4 Å². The van der Waals surface area contributed by atoms with Crippen LogP contribution in [0.2, 0.25) is 0 Å². The van der Waals surface area contributed by atoms with Crippen LogP contribution >= 0.6 is 15.9 Å². The smallest absolute Gasteiger partial charge is 0.264 e. The number of nitrogens with one attached hydrogen (secondary N) is 1. The third-order valence-electron chi connectivity index (χ3n) is 6.09. The molecular formula is C29H34BrN3O5S. The van der Waals surface area contributed by atoms with E-state index < -0.39 is 28.5 Å². The molecule has 2 amide bonds. The molecule has 3 aromatic rings. The predicted octanol–water partition coefficient (Wildman–Crippen LogP) is 4.90. The minimum absolute atomic E-state index is 0.0563. The van der Waals surface area contributed by atoms with E-state index in [9.17, 15) is 18.0 Å². The molecule has 3 rings (SSSR count). The molecule has 10 heteroatoms. The maximum atomic E-state index is 13.9. The molecule has 0 aromatic heterocycles. The number of rotatable bonds is 11. The van der Waals surface area contributed by atoms with Gasteiger partial charge in [0.15, 0.2) is 0 Å². The molecule has 0 bridgehead atoms. The second-order valence-corrected chi connectivity index (χ2v) is 12.3. The summed E-state index contributed by atoms with van der Waals surface area (Å²) >= 11 is 3.45. The molecule has 0 aliphatic heterocycles. The zero-order valence-electron chi connectivity index (χ0n) is 22.7. The average molecular weight is 617 g/mol. The first-order valence-corrected chi connectivity index (χ1v) is 14.7.